The number of hydrogen-bond acceptors (Lipinski definition) is 2. The molecule has 1 saturated heterocycles. The minimum atomic E-state index is 0.119. The van der Waals surface area contributed by atoms with Crippen molar-refractivity contribution in [3.05, 3.63) is 33.8 Å². The standard InChI is InChI=1S/C13H16Cl2N2O/c1-9-8-16-4-5-17(9)13(18)6-10-2-3-11(14)7-12(10)15/h2-3,7,9,16H,4-6,8H2,1H3/t9-/m0/s1. The number of nitrogens with one attached hydrogen (secondary N) is 1. The third-order valence-electron chi connectivity index (χ3n) is 3.18. The van der Waals surface area contributed by atoms with Gasteiger partial charge in [-0.05, 0) is 24.6 Å². The number of amides is 1. The Bertz CT molecular complexity index is 451. The molecule has 3 nitrogen and oxygen atoms in total. The molecule has 5 heteroatoms. The van der Waals surface area contributed by atoms with Gasteiger partial charge in [0.2, 0.25) is 5.91 Å². The second-order valence-electron chi connectivity index (χ2n) is 4.55. The maximum absolute atomic E-state index is 12.2. The quantitative estimate of drug-likeness (QED) is 0.905. The number of carbonyl (C=O) groups is 1. The molecule has 0 aromatic heterocycles. The van der Waals surface area contributed by atoms with E-state index < -0.39 is 0 Å². The summed E-state index contributed by atoms with van der Waals surface area (Å²) < 4.78 is 0. The number of benzene rings is 1. The highest BCUT2D eigenvalue weighted by atomic mass is 35.5. The Balaban J connectivity index is 2.06. The van der Waals surface area contributed by atoms with Gasteiger partial charge in [0.05, 0.1) is 6.42 Å². The second kappa shape index (κ2) is 5.91. The van der Waals surface area contributed by atoms with Gasteiger partial charge in [-0.25, -0.2) is 0 Å². The third-order valence-corrected chi connectivity index (χ3v) is 3.77. The summed E-state index contributed by atoms with van der Waals surface area (Å²) in [5.74, 6) is 0.119. The molecule has 2 rings (SSSR count). The Morgan fingerprint density at radius 2 is 2.28 bits per heavy atom. The van der Waals surface area contributed by atoms with E-state index in [4.69, 9.17) is 23.2 Å². The summed E-state index contributed by atoms with van der Waals surface area (Å²) in [4.78, 5) is 14.1. The lowest BCUT2D eigenvalue weighted by Crippen LogP contribution is -2.52. The van der Waals surface area contributed by atoms with E-state index in [1.807, 2.05) is 17.9 Å². The average Bonchev–Trinajstić information content (AvgIpc) is 2.33. The lowest BCUT2D eigenvalue weighted by atomic mass is 10.1. The van der Waals surface area contributed by atoms with Crippen LogP contribution >= 0.6 is 23.2 Å². The lowest BCUT2D eigenvalue weighted by Gasteiger charge is -2.34. The summed E-state index contributed by atoms with van der Waals surface area (Å²) >= 11 is 11.9. The van der Waals surface area contributed by atoms with Gasteiger partial charge in [-0.3, -0.25) is 4.79 Å². The molecule has 1 amide bonds. The van der Waals surface area contributed by atoms with Gasteiger partial charge in [-0.15, -0.1) is 0 Å². The Hall–Kier alpha value is -0.770. The zero-order valence-corrected chi connectivity index (χ0v) is 11.8. The highest BCUT2D eigenvalue weighted by Crippen LogP contribution is 2.22. The molecule has 0 unspecified atom stereocenters. The topological polar surface area (TPSA) is 32.3 Å². The highest BCUT2D eigenvalue weighted by molar-refractivity contribution is 6.35. The van der Waals surface area contributed by atoms with Crippen molar-refractivity contribution in [1.82, 2.24) is 10.2 Å². The zero-order valence-electron chi connectivity index (χ0n) is 10.2. The van der Waals surface area contributed by atoms with Crippen LogP contribution < -0.4 is 5.32 Å². The van der Waals surface area contributed by atoms with Crippen LogP contribution in [-0.2, 0) is 11.2 Å². The fourth-order valence-electron chi connectivity index (χ4n) is 2.14. The molecule has 1 aliphatic heterocycles. The summed E-state index contributed by atoms with van der Waals surface area (Å²) in [6, 6.07) is 5.48. The largest absolute Gasteiger partial charge is 0.337 e. The van der Waals surface area contributed by atoms with E-state index in [1.54, 1.807) is 12.1 Å². The first-order chi connectivity index (χ1) is 8.58. The van der Waals surface area contributed by atoms with E-state index in [0.29, 0.717) is 16.5 Å². The molecular weight excluding hydrogens is 271 g/mol. The zero-order chi connectivity index (χ0) is 13.1. The molecule has 1 atom stereocenters. The van der Waals surface area contributed by atoms with Gasteiger partial charge < -0.3 is 10.2 Å². The molecule has 1 heterocycles. The third kappa shape index (κ3) is 3.16. The lowest BCUT2D eigenvalue weighted by molar-refractivity contribution is -0.133. The second-order valence-corrected chi connectivity index (χ2v) is 5.40. The van der Waals surface area contributed by atoms with Crippen LogP contribution in [0.25, 0.3) is 0 Å². The summed E-state index contributed by atoms with van der Waals surface area (Å²) in [5.41, 5.74) is 0.830. The Morgan fingerprint density at radius 1 is 1.50 bits per heavy atom. The number of halogens is 2. The molecule has 0 bridgehead atoms. The number of carbonyl (C=O) groups excluding carboxylic acids is 1. The van der Waals surface area contributed by atoms with Gasteiger partial charge in [-0.1, -0.05) is 29.3 Å². The summed E-state index contributed by atoms with van der Waals surface area (Å²) in [6.07, 6.45) is 0.334. The number of rotatable bonds is 2. The summed E-state index contributed by atoms with van der Waals surface area (Å²) in [5, 5.41) is 4.41. The number of hydrogen-bond donors (Lipinski definition) is 1. The minimum absolute atomic E-state index is 0.119. The maximum Gasteiger partial charge on any atom is 0.227 e. The van der Waals surface area contributed by atoms with Crippen LogP contribution in [0.3, 0.4) is 0 Å². The Labute approximate surface area is 117 Å². The predicted octanol–water partition coefficient (Wildman–Crippen LogP) is 2.36. The first-order valence-electron chi connectivity index (χ1n) is 6.02. The van der Waals surface area contributed by atoms with Crippen molar-refractivity contribution in [1.29, 1.82) is 0 Å². The molecule has 1 N–H and O–H groups in total. The van der Waals surface area contributed by atoms with Crippen molar-refractivity contribution in [3.63, 3.8) is 0 Å². The van der Waals surface area contributed by atoms with E-state index in [1.165, 1.54) is 0 Å². The van der Waals surface area contributed by atoms with E-state index in [2.05, 4.69) is 5.32 Å². The molecule has 98 valence electrons. The van der Waals surface area contributed by atoms with Gasteiger partial charge in [0.1, 0.15) is 0 Å². The van der Waals surface area contributed by atoms with Gasteiger partial charge in [0.15, 0.2) is 0 Å². The van der Waals surface area contributed by atoms with E-state index in [-0.39, 0.29) is 11.9 Å². The van der Waals surface area contributed by atoms with Crippen molar-refractivity contribution < 1.29 is 4.79 Å². The Kier molecular flexibility index (Phi) is 4.49. The van der Waals surface area contributed by atoms with E-state index >= 15 is 0 Å². The fraction of sp³-hybridized carbons (Fsp3) is 0.462. The van der Waals surface area contributed by atoms with Crippen LogP contribution in [0.2, 0.25) is 10.0 Å². The number of piperazine rings is 1. The first-order valence-corrected chi connectivity index (χ1v) is 6.77. The van der Waals surface area contributed by atoms with Crippen molar-refractivity contribution >= 4 is 29.1 Å². The van der Waals surface area contributed by atoms with Crippen molar-refractivity contribution in [2.45, 2.75) is 19.4 Å². The van der Waals surface area contributed by atoms with Crippen LogP contribution in [0.4, 0.5) is 0 Å². The molecule has 1 aliphatic rings. The van der Waals surface area contributed by atoms with Gasteiger partial charge in [-0.2, -0.15) is 0 Å². The molecule has 18 heavy (non-hydrogen) atoms. The first kappa shape index (κ1) is 13.7. The number of nitrogens with zero attached hydrogens (tertiary/aromatic N) is 1. The predicted molar refractivity (Wildman–Crippen MR) is 74.2 cm³/mol. The monoisotopic (exact) mass is 286 g/mol. The molecular formula is C13H16Cl2N2O. The maximum atomic E-state index is 12.2. The molecule has 0 saturated carbocycles. The van der Waals surface area contributed by atoms with Crippen molar-refractivity contribution in [2.24, 2.45) is 0 Å². The molecule has 1 fully saturated rings. The van der Waals surface area contributed by atoms with Gasteiger partial charge >= 0.3 is 0 Å². The van der Waals surface area contributed by atoms with Crippen molar-refractivity contribution in [2.75, 3.05) is 19.6 Å². The fourth-order valence-corrected chi connectivity index (χ4v) is 2.62. The smallest absolute Gasteiger partial charge is 0.227 e. The van der Waals surface area contributed by atoms with E-state index in [9.17, 15) is 4.79 Å². The van der Waals surface area contributed by atoms with Crippen LogP contribution in [0, 0.1) is 0 Å². The molecule has 0 aliphatic carbocycles. The molecule has 0 radical (unpaired) electrons. The SMILES string of the molecule is C[C@H]1CNCCN1C(=O)Cc1ccc(Cl)cc1Cl. The summed E-state index contributed by atoms with van der Waals surface area (Å²) in [7, 11) is 0. The van der Waals surface area contributed by atoms with Crippen LogP contribution in [0.5, 0.6) is 0 Å². The van der Waals surface area contributed by atoms with Crippen molar-refractivity contribution in [3.8, 4) is 0 Å². The molecule has 0 spiro atoms. The highest BCUT2D eigenvalue weighted by Gasteiger charge is 2.23. The van der Waals surface area contributed by atoms with Crippen LogP contribution in [-0.4, -0.2) is 36.5 Å². The molecule has 1 aromatic carbocycles. The van der Waals surface area contributed by atoms with Gasteiger partial charge in [0.25, 0.3) is 0 Å². The summed E-state index contributed by atoms with van der Waals surface area (Å²) in [6.45, 7) is 4.50. The van der Waals surface area contributed by atoms with Gasteiger partial charge in [0, 0.05) is 35.7 Å². The van der Waals surface area contributed by atoms with E-state index in [0.717, 1.165) is 25.2 Å². The van der Waals surface area contributed by atoms with Crippen LogP contribution in [0.1, 0.15) is 12.5 Å². The molecule has 1 aromatic rings. The van der Waals surface area contributed by atoms with Crippen LogP contribution in [0.15, 0.2) is 18.2 Å². The Morgan fingerprint density at radius 3 is 2.94 bits per heavy atom. The average molecular weight is 287 g/mol. The normalized spacial score (nSPS) is 19.9. The minimum Gasteiger partial charge on any atom is -0.337 e.